The number of hydrogen-bond acceptors (Lipinski definition) is 3. The Morgan fingerprint density at radius 1 is 1.36 bits per heavy atom. The van der Waals surface area contributed by atoms with E-state index >= 15 is 0 Å². The zero-order valence-electron chi connectivity index (χ0n) is 13.2. The molecule has 0 saturated heterocycles. The largest absolute Gasteiger partial charge is 0.459 e. The van der Waals surface area contributed by atoms with Gasteiger partial charge in [-0.3, -0.25) is 4.79 Å². The minimum Gasteiger partial charge on any atom is -0.459 e. The normalized spacial score (nSPS) is 11.3. The number of nitrogens with one attached hydrogen (secondary N) is 2. The van der Waals surface area contributed by atoms with Crippen molar-refractivity contribution in [3.63, 3.8) is 0 Å². The molecule has 126 valence electrons. The van der Waals surface area contributed by atoms with E-state index in [1.165, 1.54) is 12.1 Å². The van der Waals surface area contributed by atoms with Crippen molar-refractivity contribution in [2.24, 2.45) is 0 Å². The van der Waals surface area contributed by atoms with Crippen LogP contribution in [0.25, 0.3) is 22.0 Å². The maximum atomic E-state index is 13.4. The summed E-state index contributed by atoms with van der Waals surface area (Å²) in [5, 5.41) is 4.28. The van der Waals surface area contributed by atoms with Gasteiger partial charge in [-0.25, -0.2) is 9.37 Å². The Balaban J connectivity index is 1.59. The molecule has 4 aromatic rings. The van der Waals surface area contributed by atoms with Crippen LogP contribution in [-0.2, 0) is 6.54 Å². The first-order valence-electron chi connectivity index (χ1n) is 7.61. The van der Waals surface area contributed by atoms with Crippen LogP contribution >= 0.6 is 15.9 Å². The Bertz CT molecular complexity index is 1120. The highest BCUT2D eigenvalue weighted by molar-refractivity contribution is 9.10. The van der Waals surface area contributed by atoms with Crippen molar-refractivity contribution in [3.8, 4) is 0 Å². The number of nitrogens with zero attached hydrogens (tertiary/aromatic N) is 1. The lowest BCUT2D eigenvalue weighted by molar-refractivity contribution is 0.0950. The number of fused-ring (bicyclic) bond motifs is 2. The fourth-order valence-electron chi connectivity index (χ4n) is 2.83. The van der Waals surface area contributed by atoms with Crippen molar-refractivity contribution in [2.75, 3.05) is 0 Å². The molecule has 0 unspecified atom stereocenters. The molecule has 2 N–H and O–H groups in total. The zero-order valence-corrected chi connectivity index (χ0v) is 14.8. The second-order valence-corrected chi connectivity index (χ2v) is 6.64. The molecule has 0 radical (unpaired) electrons. The van der Waals surface area contributed by atoms with Crippen LogP contribution in [0, 0.1) is 12.7 Å². The molecule has 7 heteroatoms. The molecule has 1 amide bonds. The molecule has 0 aliphatic heterocycles. The van der Waals surface area contributed by atoms with Crippen LogP contribution in [0.5, 0.6) is 0 Å². The minimum absolute atomic E-state index is 0.217. The van der Waals surface area contributed by atoms with Gasteiger partial charge in [0.25, 0.3) is 5.91 Å². The van der Waals surface area contributed by atoms with Gasteiger partial charge in [0.2, 0.25) is 0 Å². The lowest BCUT2D eigenvalue weighted by Gasteiger charge is -2.03. The number of furan rings is 1. The number of halogens is 2. The van der Waals surface area contributed by atoms with Crippen LogP contribution in [0.2, 0.25) is 0 Å². The number of carbonyl (C=O) groups excluding carboxylic acids is 1. The number of amides is 1. The molecule has 0 saturated carbocycles. The summed E-state index contributed by atoms with van der Waals surface area (Å²) in [5.41, 5.74) is 2.56. The third-order valence-electron chi connectivity index (χ3n) is 4.15. The van der Waals surface area contributed by atoms with Crippen LogP contribution in [0.4, 0.5) is 4.39 Å². The van der Waals surface area contributed by atoms with E-state index in [0.717, 1.165) is 15.4 Å². The van der Waals surface area contributed by atoms with Crippen molar-refractivity contribution < 1.29 is 13.6 Å². The molecular formula is C18H13BrFN3O2. The van der Waals surface area contributed by atoms with Crippen LogP contribution in [-0.4, -0.2) is 15.9 Å². The van der Waals surface area contributed by atoms with Gasteiger partial charge in [0.05, 0.1) is 12.1 Å². The second kappa shape index (κ2) is 6.00. The van der Waals surface area contributed by atoms with Crippen molar-refractivity contribution in [1.82, 2.24) is 15.3 Å². The summed E-state index contributed by atoms with van der Waals surface area (Å²) in [4.78, 5) is 19.7. The molecule has 0 fully saturated rings. The third-order valence-corrected chi connectivity index (χ3v) is 4.58. The highest BCUT2D eigenvalue weighted by Gasteiger charge is 2.16. The fraction of sp³-hybridized carbons (Fsp3) is 0.111. The Hall–Kier alpha value is -2.67. The highest BCUT2D eigenvalue weighted by Crippen LogP contribution is 2.26. The summed E-state index contributed by atoms with van der Waals surface area (Å²) < 4.78 is 19.9. The zero-order chi connectivity index (χ0) is 17.6. The molecule has 25 heavy (non-hydrogen) atoms. The quantitative estimate of drug-likeness (QED) is 0.532. The summed E-state index contributed by atoms with van der Waals surface area (Å²) in [6.45, 7) is 2.06. The first kappa shape index (κ1) is 15.8. The number of aromatic nitrogens is 2. The SMILES string of the molecule is Cc1c(CNC(=O)c2c[nH]c3ncc(Br)cc23)oc2ccc(F)cc12. The van der Waals surface area contributed by atoms with E-state index in [0.29, 0.717) is 27.9 Å². The maximum absolute atomic E-state index is 13.4. The third kappa shape index (κ3) is 2.80. The van der Waals surface area contributed by atoms with E-state index in [-0.39, 0.29) is 18.3 Å². The van der Waals surface area contributed by atoms with Gasteiger partial charge in [-0.15, -0.1) is 0 Å². The Morgan fingerprint density at radius 3 is 3.04 bits per heavy atom. The van der Waals surface area contributed by atoms with E-state index in [1.54, 1.807) is 18.5 Å². The summed E-state index contributed by atoms with van der Waals surface area (Å²) in [6, 6.07) is 6.21. The lowest BCUT2D eigenvalue weighted by Crippen LogP contribution is -2.22. The average Bonchev–Trinajstić information content (AvgIpc) is 3.14. The van der Waals surface area contributed by atoms with E-state index < -0.39 is 0 Å². The number of carbonyl (C=O) groups is 1. The van der Waals surface area contributed by atoms with Crippen LogP contribution in [0.15, 0.2) is 45.5 Å². The first-order valence-corrected chi connectivity index (χ1v) is 8.40. The molecule has 4 rings (SSSR count). The Morgan fingerprint density at radius 2 is 2.20 bits per heavy atom. The molecule has 5 nitrogen and oxygen atoms in total. The summed E-state index contributed by atoms with van der Waals surface area (Å²) in [5.74, 6) is 0.0501. The molecule has 3 heterocycles. The standard InChI is InChI=1S/C18H13BrFN3O2/c1-9-12-5-11(20)2-3-15(12)25-16(9)8-23-18(24)14-7-22-17-13(14)4-10(19)6-21-17/h2-7H,8H2,1H3,(H,21,22)(H,23,24). The number of hydrogen-bond donors (Lipinski definition) is 2. The summed E-state index contributed by atoms with van der Waals surface area (Å²) in [6.07, 6.45) is 3.29. The van der Waals surface area contributed by atoms with Gasteiger partial charge in [-0.2, -0.15) is 0 Å². The Labute approximate surface area is 150 Å². The van der Waals surface area contributed by atoms with Gasteiger partial charge in [0, 0.05) is 33.2 Å². The first-order chi connectivity index (χ1) is 12.0. The number of aryl methyl sites for hydroxylation is 1. The smallest absolute Gasteiger partial charge is 0.253 e. The van der Waals surface area contributed by atoms with Crippen molar-refractivity contribution in [2.45, 2.75) is 13.5 Å². The molecule has 0 atom stereocenters. The van der Waals surface area contributed by atoms with E-state index in [4.69, 9.17) is 4.42 Å². The number of H-pyrrole nitrogens is 1. The maximum Gasteiger partial charge on any atom is 0.253 e. The molecule has 1 aromatic carbocycles. The van der Waals surface area contributed by atoms with Gasteiger partial charge in [0.15, 0.2) is 0 Å². The molecular weight excluding hydrogens is 389 g/mol. The molecule has 0 aliphatic carbocycles. The topological polar surface area (TPSA) is 70.9 Å². The van der Waals surface area contributed by atoms with Gasteiger partial charge >= 0.3 is 0 Å². The van der Waals surface area contributed by atoms with Crippen molar-refractivity contribution in [3.05, 3.63) is 63.8 Å². The molecule has 0 bridgehead atoms. The predicted molar refractivity (Wildman–Crippen MR) is 95.9 cm³/mol. The van der Waals surface area contributed by atoms with Gasteiger partial charge < -0.3 is 14.7 Å². The number of benzene rings is 1. The van der Waals surface area contributed by atoms with E-state index in [2.05, 4.69) is 31.2 Å². The molecule has 0 aliphatic rings. The summed E-state index contributed by atoms with van der Waals surface area (Å²) >= 11 is 3.36. The predicted octanol–water partition coefficient (Wildman–Crippen LogP) is 4.45. The monoisotopic (exact) mass is 401 g/mol. The molecule has 0 spiro atoms. The second-order valence-electron chi connectivity index (χ2n) is 5.73. The van der Waals surface area contributed by atoms with Gasteiger partial charge in [0.1, 0.15) is 22.8 Å². The number of rotatable bonds is 3. The van der Waals surface area contributed by atoms with Gasteiger partial charge in [-0.05, 0) is 47.1 Å². The van der Waals surface area contributed by atoms with Crippen LogP contribution in [0.1, 0.15) is 21.7 Å². The van der Waals surface area contributed by atoms with Gasteiger partial charge in [-0.1, -0.05) is 0 Å². The lowest BCUT2D eigenvalue weighted by atomic mass is 10.1. The van der Waals surface area contributed by atoms with Crippen LogP contribution < -0.4 is 5.32 Å². The fourth-order valence-corrected chi connectivity index (χ4v) is 3.17. The van der Waals surface area contributed by atoms with Crippen molar-refractivity contribution in [1.29, 1.82) is 0 Å². The summed E-state index contributed by atoms with van der Waals surface area (Å²) in [7, 11) is 0. The van der Waals surface area contributed by atoms with E-state index in [9.17, 15) is 9.18 Å². The average molecular weight is 402 g/mol. The van der Waals surface area contributed by atoms with E-state index in [1.807, 2.05) is 13.0 Å². The van der Waals surface area contributed by atoms with Crippen molar-refractivity contribution >= 4 is 43.8 Å². The van der Waals surface area contributed by atoms with Crippen LogP contribution in [0.3, 0.4) is 0 Å². The highest BCUT2D eigenvalue weighted by atomic mass is 79.9. The minimum atomic E-state index is -0.316. The number of aromatic amines is 1. The molecule has 3 aromatic heterocycles. The Kier molecular flexibility index (Phi) is 3.80. The number of pyridine rings is 1.